The number of morpholine rings is 1. The van der Waals surface area contributed by atoms with Crippen molar-refractivity contribution < 1.29 is 19.4 Å². The molecule has 1 heterocycles. The fraction of sp³-hybridized carbons (Fsp3) is 0.462. The van der Waals surface area contributed by atoms with Gasteiger partial charge in [-0.3, -0.25) is 0 Å². The summed E-state index contributed by atoms with van der Waals surface area (Å²) in [5.41, 5.74) is 1.53. The Hall–Kier alpha value is -1.59. The molecule has 2 rings (SSSR count). The first kappa shape index (κ1) is 12.9. The van der Waals surface area contributed by atoms with Gasteiger partial charge in [0.25, 0.3) is 0 Å². The van der Waals surface area contributed by atoms with E-state index in [0.29, 0.717) is 18.8 Å². The van der Waals surface area contributed by atoms with Crippen LogP contribution in [0.3, 0.4) is 0 Å². The third-order valence-corrected chi connectivity index (χ3v) is 2.99. The molecular weight excluding hydrogens is 234 g/mol. The predicted octanol–water partition coefficient (Wildman–Crippen LogP) is 0.730. The largest absolute Gasteiger partial charge is 0.467 e. The van der Waals surface area contributed by atoms with Crippen LogP contribution in [0.4, 0.5) is 5.69 Å². The van der Waals surface area contributed by atoms with Crippen LogP contribution >= 0.6 is 0 Å². The van der Waals surface area contributed by atoms with E-state index in [-0.39, 0.29) is 0 Å². The Labute approximate surface area is 106 Å². The van der Waals surface area contributed by atoms with E-state index in [2.05, 4.69) is 9.64 Å². The van der Waals surface area contributed by atoms with E-state index in [4.69, 9.17) is 4.74 Å². The molecule has 5 nitrogen and oxygen atoms in total. The first-order valence-corrected chi connectivity index (χ1v) is 5.91. The summed E-state index contributed by atoms with van der Waals surface area (Å²) in [5, 5.41) is 9.79. The van der Waals surface area contributed by atoms with E-state index in [1.165, 1.54) is 7.11 Å². The third kappa shape index (κ3) is 2.80. The number of esters is 1. The average Bonchev–Trinajstić information content (AvgIpc) is 2.46. The number of hydrogen-bond donors (Lipinski definition) is 1. The van der Waals surface area contributed by atoms with Gasteiger partial charge in [0, 0.05) is 18.8 Å². The standard InChI is InChI=1S/C13H17NO4/c1-17-13(16)12(15)10-3-2-4-11(9-10)14-5-7-18-8-6-14/h2-4,9,12,15H,5-8H2,1H3. The first-order chi connectivity index (χ1) is 8.72. The second-order valence-electron chi connectivity index (χ2n) is 4.12. The Morgan fingerprint density at radius 2 is 2.17 bits per heavy atom. The Kier molecular flexibility index (Phi) is 4.17. The highest BCUT2D eigenvalue weighted by Crippen LogP contribution is 2.22. The van der Waals surface area contributed by atoms with Gasteiger partial charge in [0.05, 0.1) is 20.3 Å². The van der Waals surface area contributed by atoms with Crippen LogP contribution < -0.4 is 4.90 Å². The molecule has 0 aromatic heterocycles. The molecule has 1 aromatic rings. The fourth-order valence-corrected chi connectivity index (χ4v) is 1.96. The van der Waals surface area contributed by atoms with Crippen LogP contribution in [0.2, 0.25) is 0 Å². The van der Waals surface area contributed by atoms with Crippen molar-refractivity contribution in [2.45, 2.75) is 6.10 Å². The monoisotopic (exact) mass is 251 g/mol. The molecule has 1 unspecified atom stereocenters. The van der Waals surface area contributed by atoms with Crippen LogP contribution in [0, 0.1) is 0 Å². The molecule has 0 saturated carbocycles. The lowest BCUT2D eigenvalue weighted by Gasteiger charge is -2.29. The van der Waals surface area contributed by atoms with Gasteiger partial charge in [-0.15, -0.1) is 0 Å². The lowest BCUT2D eigenvalue weighted by Crippen LogP contribution is -2.36. The Balaban J connectivity index is 2.16. The minimum absolute atomic E-state index is 0.547. The Morgan fingerprint density at radius 1 is 1.44 bits per heavy atom. The minimum atomic E-state index is -1.23. The maximum Gasteiger partial charge on any atom is 0.339 e. The molecule has 1 aliphatic rings. The quantitative estimate of drug-likeness (QED) is 0.803. The van der Waals surface area contributed by atoms with Crippen molar-refractivity contribution in [1.29, 1.82) is 0 Å². The predicted molar refractivity (Wildman–Crippen MR) is 66.4 cm³/mol. The van der Waals surface area contributed by atoms with Crippen molar-refractivity contribution in [3.8, 4) is 0 Å². The van der Waals surface area contributed by atoms with Gasteiger partial charge in [-0.1, -0.05) is 12.1 Å². The topological polar surface area (TPSA) is 59.0 Å². The molecule has 5 heteroatoms. The smallest absolute Gasteiger partial charge is 0.339 e. The zero-order chi connectivity index (χ0) is 13.0. The van der Waals surface area contributed by atoms with Crippen LogP contribution in [-0.4, -0.2) is 44.5 Å². The number of aliphatic hydroxyl groups excluding tert-OH is 1. The number of methoxy groups -OCH3 is 1. The van der Waals surface area contributed by atoms with Crippen LogP contribution in [0.25, 0.3) is 0 Å². The van der Waals surface area contributed by atoms with Gasteiger partial charge in [0.2, 0.25) is 0 Å². The lowest BCUT2D eigenvalue weighted by molar-refractivity contribution is -0.150. The summed E-state index contributed by atoms with van der Waals surface area (Å²) in [6, 6.07) is 7.31. The summed E-state index contributed by atoms with van der Waals surface area (Å²) >= 11 is 0. The van der Waals surface area contributed by atoms with Crippen molar-refractivity contribution in [1.82, 2.24) is 0 Å². The van der Waals surface area contributed by atoms with Crippen molar-refractivity contribution in [3.63, 3.8) is 0 Å². The van der Waals surface area contributed by atoms with Gasteiger partial charge in [-0.05, 0) is 17.7 Å². The second-order valence-corrected chi connectivity index (χ2v) is 4.12. The Bertz CT molecular complexity index is 415. The van der Waals surface area contributed by atoms with Crippen molar-refractivity contribution in [2.24, 2.45) is 0 Å². The van der Waals surface area contributed by atoms with E-state index in [1.54, 1.807) is 6.07 Å². The summed E-state index contributed by atoms with van der Waals surface area (Å²) < 4.78 is 9.82. The first-order valence-electron chi connectivity index (χ1n) is 5.91. The number of carbonyl (C=O) groups is 1. The van der Waals surface area contributed by atoms with E-state index in [0.717, 1.165) is 18.8 Å². The summed E-state index contributed by atoms with van der Waals surface area (Å²) in [6.07, 6.45) is -1.23. The molecule has 18 heavy (non-hydrogen) atoms. The molecule has 1 N–H and O–H groups in total. The molecule has 1 atom stereocenters. The van der Waals surface area contributed by atoms with Gasteiger partial charge in [0.1, 0.15) is 0 Å². The minimum Gasteiger partial charge on any atom is -0.467 e. The normalized spacial score (nSPS) is 17.3. The molecule has 0 amide bonds. The van der Waals surface area contributed by atoms with Crippen LogP contribution in [0.15, 0.2) is 24.3 Å². The van der Waals surface area contributed by atoms with E-state index < -0.39 is 12.1 Å². The number of rotatable bonds is 3. The van der Waals surface area contributed by atoms with E-state index in [9.17, 15) is 9.90 Å². The maximum absolute atomic E-state index is 11.3. The van der Waals surface area contributed by atoms with Gasteiger partial charge >= 0.3 is 5.97 Å². The zero-order valence-corrected chi connectivity index (χ0v) is 10.3. The van der Waals surface area contributed by atoms with Crippen LogP contribution in [0.5, 0.6) is 0 Å². The number of ether oxygens (including phenoxy) is 2. The molecule has 0 aliphatic carbocycles. The highest BCUT2D eigenvalue weighted by atomic mass is 16.5. The molecule has 0 bridgehead atoms. The molecule has 0 radical (unpaired) electrons. The maximum atomic E-state index is 11.3. The number of hydrogen-bond acceptors (Lipinski definition) is 5. The number of benzene rings is 1. The Morgan fingerprint density at radius 3 is 2.83 bits per heavy atom. The third-order valence-electron chi connectivity index (χ3n) is 2.99. The lowest BCUT2D eigenvalue weighted by atomic mass is 10.1. The van der Waals surface area contributed by atoms with E-state index >= 15 is 0 Å². The van der Waals surface area contributed by atoms with Crippen LogP contribution in [-0.2, 0) is 14.3 Å². The average molecular weight is 251 g/mol. The number of anilines is 1. The summed E-state index contributed by atoms with van der Waals surface area (Å²) in [5.74, 6) is -0.644. The molecule has 0 spiro atoms. The summed E-state index contributed by atoms with van der Waals surface area (Å²) in [7, 11) is 1.26. The second kappa shape index (κ2) is 5.84. The zero-order valence-electron chi connectivity index (χ0n) is 10.3. The summed E-state index contributed by atoms with van der Waals surface area (Å²) in [6.45, 7) is 3.03. The van der Waals surface area contributed by atoms with Crippen molar-refractivity contribution in [3.05, 3.63) is 29.8 Å². The van der Waals surface area contributed by atoms with Crippen molar-refractivity contribution in [2.75, 3.05) is 38.3 Å². The fourth-order valence-electron chi connectivity index (χ4n) is 1.96. The molecule has 1 saturated heterocycles. The van der Waals surface area contributed by atoms with Crippen LogP contribution in [0.1, 0.15) is 11.7 Å². The summed E-state index contributed by atoms with van der Waals surface area (Å²) in [4.78, 5) is 13.5. The highest BCUT2D eigenvalue weighted by molar-refractivity contribution is 5.76. The van der Waals surface area contributed by atoms with Gasteiger partial charge in [-0.25, -0.2) is 4.79 Å². The molecule has 1 fully saturated rings. The number of nitrogens with zero attached hydrogens (tertiary/aromatic N) is 1. The van der Waals surface area contributed by atoms with Gasteiger partial charge in [-0.2, -0.15) is 0 Å². The highest BCUT2D eigenvalue weighted by Gasteiger charge is 2.19. The molecule has 1 aliphatic heterocycles. The molecule has 98 valence electrons. The molecular formula is C13H17NO4. The van der Waals surface area contributed by atoms with Crippen molar-refractivity contribution >= 4 is 11.7 Å². The SMILES string of the molecule is COC(=O)C(O)c1cccc(N2CCOCC2)c1. The number of carbonyl (C=O) groups excluding carboxylic acids is 1. The van der Waals surface area contributed by atoms with E-state index in [1.807, 2.05) is 18.2 Å². The van der Waals surface area contributed by atoms with Gasteiger partial charge < -0.3 is 19.5 Å². The van der Waals surface area contributed by atoms with Gasteiger partial charge in [0.15, 0.2) is 6.10 Å². The molecule has 1 aromatic carbocycles. The number of aliphatic hydroxyl groups is 1.